The molecule has 4 rings (SSSR count). The molecule has 0 radical (unpaired) electrons. The zero-order valence-corrected chi connectivity index (χ0v) is 19.1. The fourth-order valence-electron chi connectivity index (χ4n) is 3.26. The first-order chi connectivity index (χ1) is 16.4. The summed E-state index contributed by atoms with van der Waals surface area (Å²) in [4.78, 5) is 24.0. The fraction of sp³-hybridized carbons (Fsp3) is 0.0833. The number of halogens is 2. The van der Waals surface area contributed by atoms with Crippen LogP contribution in [0.15, 0.2) is 81.6 Å². The third-order valence-corrected chi connectivity index (χ3v) is 5.60. The molecular formula is C24H18Cl2N4O4. The molecule has 4 aromatic rings. The molecule has 0 aliphatic heterocycles. The fourth-order valence-corrected chi connectivity index (χ4v) is 3.58. The van der Waals surface area contributed by atoms with Gasteiger partial charge in [-0.25, -0.2) is 0 Å². The lowest BCUT2D eigenvalue weighted by atomic mass is 10.2. The van der Waals surface area contributed by atoms with E-state index in [1.165, 1.54) is 18.4 Å². The Labute approximate surface area is 204 Å². The minimum atomic E-state index is -0.680. The van der Waals surface area contributed by atoms with Crippen molar-refractivity contribution < 1.29 is 19.1 Å². The van der Waals surface area contributed by atoms with Gasteiger partial charge in [0.15, 0.2) is 5.69 Å². The van der Waals surface area contributed by atoms with Gasteiger partial charge in [-0.05, 0) is 42.0 Å². The Hall–Kier alpha value is -3.88. The molecule has 0 aliphatic carbocycles. The Bertz CT molecular complexity index is 1410. The maximum atomic E-state index is 12.1. The lowest BCUT2D eigenvalue weighted by Gasteiger charge is -2.08. The molecule has 2 N–H and O–H groups in total. The summed E-state index contributed by atoms with van der Waals surface area (Å²) in [7, 11) is 0. The lowest BCUT2D eigenvalue weighted by Crippen LogP contribution is -2.26. The third kappa shape index (κ3) is 5.36. The third-order valence-electron chi connectivity index (χ3n) is 4.86. The molecule has 0 fully saturated rings. The van der Waals surface area contributed by atoms with E-state index in [9.17, 15) is 14.7 Å². The Morgan fingerprint density at radius 3 is 2.68 bits per heavy atom. The standard InChI is InChI=1S/C24H18Cl2N4O4/c25-18-9-7-15(12-19(18)26)14-30-20-6-2-1-5-17(20)23(24(30)33)29-28-22(32)13-27-21(31)10-8-16-4-3-11-34-16/h1-12,33H,13-14H2,(H,27,31)/b10-8+,29-28?. The van der Waals surface area contributed by atoms with Crippen molar-refractivity contribution in [3.05, 3.63) is 88.3 Å². The highest BCUT2D eigenvalue weighted by Gasteiger charge is 2.17. The molecular weight excluding hydrogens is 479 g/mol. The van der Waals surface area contributed by atoms with Crippen molar-refractivity contribution in [2.24, 2.45) is 10.2 Å². The zero-order chi connectivity index (χ0) is 24.1. The lowest BCUT2D eigenvalue weighted by molar-refractivity contribution is -0.122. The van der Waals surface area contributed by atoms with Crippen LogP contribution in [0.3, 0.4) is 0 Å². The molecule has 2 heterocycles. The average Bonchev–Trinajstić information content (AvgIpc) is 3.44. The van der Waals surface area contributed by atoms with Crippen molar-refractivity contribution in [2.45, 2.75) is 6.54 Å². The van der Waals surface area contributed by atoms with Crippen LogP contribution in [-0.4, -0.2) is 28.0 Å². The number of benzene rings is 2. The first-order valence-corrected chi connectivity index (χ1v) is 10.9. The number of aromatic hydroxyl groups is 1. The molecule has 0 bridgehead atoms. The number of nitrogens with one attached hydrogen (secondary N) is 1. The van der Waals surface area contributed by atoms with E-state index in [1.54, 1.807) is 47.0 Å². The van der Waals surface area contributed by atoms with Crippen molar-refractivity contribution in [3.8, 4) is 5.88 Å². The van der Waals surface area contributed by atoms with E-state index in [2.05, 4.69) is 15.5 Å². The van der Waals surface area contributed by atoms with Crippen LogP contribution in [0, 0.1) is 0 Å². The van der Waals surface area contributed by atoms with Crippen LogP contribution in [-0.2, 0) is 16.1 Å². The second-order valence-corrected chi connectivity index (χ2v) is 8.00. The molecule has 0 aliphatic rings. The first kappa shape index (κ1) is 23.3. The average molecular weight is 497 g/mol. The van der Waals surface area contributed by atoms with Gasteiger partial charge in [-0.2, -0.15) is 0 Å². The van der Waals surface area contributed by atoms with Crippen LogP contribution < -0.4 is 5.32 Å². The number of aromatic nitrogens is 1. The number of carbonyl (C=O) groups is 2. The summed E-state index contributed by atoms with van der Waals surface area (Å²) in [5.41, 5.74) is 1.66. The van der Waals surface area contributed by atoms with Gasteiger partial charge in [0.2, 0.25) is 11.8 Å². The van der Waals surface area contributed by atoms with Crippen molar-refractivity contribution >= 4 is 57.7 Å². The first-order valence-electron chi connectivity index (χ1n) is 10.1. The highest BCUT2D eigenvalue weighted by molar-refractivity contribution is 6.42. The number of furan rings is 1. The topological polar surface area (TPSA) is 109 Å². The minimum absolute atomic E-state index is 0.146. The Morgan fingerprint density at radius 2 is 1.91 bits per heavy atom. The van der Waals surface area contributed by atoms with Crippen molar-refractivity contribution in [1.29, 1.82) is 0 Å². The van der Waals surface area contributed by atoms with Crippen LogP contribution in [0.1, 0.15) is 11.3 Å². The summed E-state index contributed by atoms with van der Waals surface area (Å²) in [5, 5.41) is 22.3. The Kier molecular flexibility index (Phi) is 7.10. The van der Waals surface area contributed by atoms with Crippen LogP contribution >= 0.6 is 23.2 Å². The maximum Gasteiger partial charge on any atom is 0.283 e. The summed E-state index contributed by atoms with van der Waals surface area (Å²) < 4.78 is 6.72. The van der Waals surface area contributed by atoms with Gasteiger partial charge in [-0.3, -0.25) is 9.59 Å². The molecule has 2 aromatic carbocycles. The van der Waals surface area contributed by atoms with Gasteiger partial charge in [0, 0.05) is 11.5 Å². The van der Waals surface area contributed by atoms with Gasteiger partial charge in [0.05, 0.1) is 28.4 Å². The number of hydrogen-bond donors (Lipinski definition) is 2. The van der Waals surface area contributed by atoms with E-state index in [0.717, 1.165) is 5.56 Å². The molecule has 0 saturated carbocycles. The van der Waals surface area contributed by atoms with E-state index in [4.69, 9.17) is 27.6 Å². The number of nitrogens with zero attached hydrogens (tertiary/aromatic N) is 3. The van der Waals surface area contributed by atoms with Gasteiger partial charge >= 0.3 is 0 Å². The summed E-state index contributed by atoms with van der Waals surface area (Å²) >= 11 is 12.1. The summed E-state index contributed by atoms with van der Waals surface area (Å²) in [5.74, 6) is -0.815. The van der Waals surface area contributed by atoms with Gasteiger partial charge < -0.3 is 19.4 Å². The van der Waals surface area contributed by atoms with Gasteiger partial charge in [-0.1, -0.05) is 47.5 Å². The van der Waals surface area contributed by atoms with E-state index in [1.807, 2.05) is 12.1 Å². The van der Waals surface area contributed by atoms with Crippen molar-refractivity contribution in [2.75, 3.05) is 6.54 Å². The monoisotopic (exact) mass is 496 g/mol. The quantitative estimate of drug-likeness (QED) is 0.251. The normalized spacial score (nSPS) is 11.6. The summed E-state index contributed by atoms with van der Waals surface area (Å²) in [6, 6.07) is 15.8. The van der Waals surface area contributed by atoms with E-state index in [-0.39, 0.29) is 18.1 Å². The zero-order valence-electron chi connectivity index (χ0n) is 17.6. The largest absolute Gasteiger partial charge is 0.493 e. The molecule has 8 nitrogen and oxygen atoms in total. The van der Waals surface area contributed by atoms with E-state index >= 15 is 0 Å². The minimum Gasteiger partial charge on any atom is -0.493 e. The van der Waals surface area contributed by atoms with E-state index in [0.29, 0.717) is 33.3 Å². The number of amides is 2. The molecule has 0 saturated heterocycles. The highest BCUT2D eigenvalue weighted by atomic mass is 35.5. The van der Waals surface area contributed by atoms with Gasteiger partial charge in [-0.15, -0.1) is 10.2 Å². The second-order valence-electron chi connectivity index (χ2n) is 7.18. The molecule has 172 valence electrons. The van der Waals surface area contributed by atoms with Crippen LogP contribution in [0.2, 0.25) is 10.0 Å². The van der Waals surface area contributed by atoms with Gasteiger partial charge in [0.1, 0.15) is 12.3 Å². The SMILES string of the molecule is O=C(CNC(=O)/C=C/c1ccco1)N=Nc1c(O)n(Cc2ccc(Cl)c(Cl)c2)c2ccccc12. The number of azo groups is 1. The van der Waals surface area contributed by atoms with Crippen LogP contribution in [0.25, 0.3) is 17.0 Å². The van der Waals surface area contributed by atoms with Crippen molar-refractivity contribution in [1.82, 2.24) is 9.88 Å². The predicted octanol–water partition coefficient (Wildman–Crippen LogP) is 5.73. The maximum absolute atomic E-state index is 12.1. The number of rotatable bonds is 7. The Balaban J connectivity index is 1.49. The Morgan fingerprint density at radius 1 is 1.09 bits per heavy atom. The number of hydrogen-bond acceptors (Lipinski definition) is 5. The molecule has 0 unspecified atom stereocenters. The molecule has 0 spiro atoms. The predicted molar refractivity (Wildman–Crippen MR) is 129 cm³/mol. The highest BCUT2D eigenvalue weighted by Crippen LogP contribution is 2.39. The number of fused-ring (bicyclic) bond motifs is 1. The molecule has 2 amide bonds. The second kappa shape index (κ2) is 10.4. The molecule has 34 heavy (non-hydrogen) atoms. The van der Waals surface area contributed by atoms with E-state index < -0.39 is 11.8 Å². The number of carbonyl (C=O) groups excluding carboxylic acids is 2. The summed E-state index contributed by atoms with van der Waals surface area (Å²) in [6.45, 7) is -0.0573. The number of para-hydroxylation sites is 1. The summed E-state index contributed by atoms with van der Waals surface area (Å²) in [6.07, 6.45) is 4.20. The van der Waals surface area contributed by atoms with Crippen LogP contribution in [0.4, 0.5) is 5.69 Å². The molecule has 0 atom stereocenters. The smallest absolute Gasteiger partial charge is 0.283 e. The van der Waals surface area contributed by atoms with Crippen molar-refractivity contribution in [3.63, 3.8) is 0 Å². The molecule has 10 heteroatoms. The van der Waals surface area contributed by atoms with Gasteiger partial charge in [0.25, 0.3) is 5.91 Å². The molecule has 2 aromatic heterocycles. The van der Waals surface area contributed by atoms with Crippen LogP contribution in [0.5, 0.6) is 5.88 Å².